The van der Waals surface area contributed by atoms with E-state index in [1.165, 1.54) is 0 Å². The molecule has 0 saturated carbocycles. The zero-order valence-corrected chi connectivity index (χ0v) is 12.9. The van der Waals surface area contributed by atoms with Gasteiger partial charge in [-0.2, -0.15) is 0 Å². The Labute approximate surface area is 125 Å². The summed E-state index contributed by atoms with van der Waals surface area (Å²) in [6, 6.07) is 5.37. The smallest absolute Gasteiger partial charge is 0.256 e. The highest BCUT2D eigenvalue weighted by atomic mass is 35.5. The van der Waals surface area contributed by atoms with Crippen LogP contribution in [-0.4, -0.2) is 42.6 Å². The number of ether oxygens (including phenoxy) is 1. The molecule has 1 aromatic carbocycles. The molecule has 0 spiro atoms. The van der Waals surface area contributed by atoms with E-state index in [0.29, 0.717) is 23.7 Å². The van der Waals surface area contributed by atoms with Crippen molar-refractivity contribution in [3.63, 3.8) is 0 Å². The summed E-state index contributed by atoms with van der Waals surface area (Å²) in [6.07, 6.45) is 0.119. The largest absolute Gasteiger partial charge is 0.385 e. The summed E-state index contributed by atoms with van der Waals surface area (Å²) in [7, 11) is 0. The van der Waals surface area contributed by atoms with Gasteiger partial charge in [0.2, 0.25) is 0 Å². The number of carbonyl (C=O) groups is 1. The maximum atomic E-state index is 12.7. The monoisotopic (exact) mass is 296 g/mol. The molecule has 110 valence electrons. The fourth-order valence-corrected chi connectivity index (χ4v) is 2.72. The molecule has 1 fully saturated rings. The molecule has 1 N–H and O–H groups in total. The van der Waals surface area contributed by atoms with Gasteiger partial charge in [0, 0.05) is 30.3 Å². The van der Waals surface area contributed by atoms with Crippen molar-refractivity contribution in [2.24, 2.45) is 0 Å². The van der Waals surface area contributed by atoms with Crippen molar-refractivity contribution in [1.82, 2.24) is 4.90 Å². The molecule has 1 amide bonds. The SMILES string of the molecule is CCNc1ccc(Cl)cc1C(=O)N1CC(C)OC(C)C1. The van der Waals surface area contributed by atoms with Crippen LogP contribution in [0, 0.1) is 0 Å². The molecule has 2 unspecified atom stereocenters. The Balaban J connectivity index is 2.25. The van der Waals surface area contributed by atoms with E-state index in [9.17, 15) is 4.79 Å². The minimum Gasteiger partial charge on any atom is -0.385 e. The Morgan fingerprint density at radius 1 is 1.40 bits per heavy atom. The molecule has 1 aliphatic rings. The molecule has 0 radical (unpaired) electrons. The highest BCUT2D eigenvalue weighted by Gasteiger charge is 2.27. The van der Waals surface area contributed by atoms with Crippen molar-refractivity contribution >= 4 is 23.2 Å². The summed E-state index contributed by atoms with van der Waals surface area (Å²) >= 11 is 6.03. The molecule has 0 aliphatic carbocycles. The number of hydrogen-bond acceptors (Lipinski definition) is 3. The van der Waals surface area contributed by atoms with Gasteiger partial charge in [0.05, 0.1) is 17.8 Å². The highest BCUT2D eigenvalue weighted by Crippen LogP contribution is 2.24. The zero-order chi connectivity index (χ0) is 14.7. The molecule has 1 saturated heterocycles. The average molecular weight is 297 g/mol. The molecule has 1 heterocycles. The van der Waals surface area contributed by atoms with Gasteiger partial charge in [0.25, 0.3) is 5.91 Å². The fourth-order valence-electron chi connectivity index (χ4n) is 2.55. The van der Waals surface area contributed by atoms with Crippen LogP contribution in [0.2, 0.25) is 5.02 Å². The van der Waals surface area contributed by atoms with Gasteiger partial charge >= 0.3 is 0 Å². The number of rotatable bonds is 3. The zero-order valence-electron chi connectivity index (χ0n) is 12.1. The average Bonchev–Trinajstić information content (AvgIpc) is 2.39. The number of carbonyl (C=O) groups excluding carboxylic acids is 1. The van der Waals surface area contributed by atoms with Crippen molar-refractivity contribution < 1.29 is 9.53 Å². The third-order valence-corrected chi connectivity index (χ3v) is 3.52. The molecule has 2 rings (SSSR count). The van der Waals surface area contributed by atoms with Crippen molar-refractivity contribution in [3.05, 3.63) is 28.8 Å². The number of nitrogens with one attached hydrogen (secondary N) is 1. The summed E-state index contributed by atoms with van der Waals surface area (Å²) in [5.74, 6) is 0.00505. The van der Waals surface area contributed by atoms with E-state index >= 15 is 0 Å². The summed E-state index contributed by atoms with van der Waals surface area (Å²) in [5, 5.41) is 3.78. The maximum absolute atomic E-state index is 12.7. The molecule has 2 atom stereocenters. The first-order chi connectivity index (χ1) is 9.51. The van der Waals surface area contributed by atoms with Gasteiger partial charge in [-0.25, -0.2) is 0 Å². The summed E-state index contributed by atoms with van der Waals surface area (Å²) in [5.41, 5.74) is 1.45. The van der Waals surface area contributed by atoms with Crippen molar-refractivity contribution in [2.45, 2.75) is 33.0 Å². The third-order valence-electron chi connectivity index (χ3n) is 3.29. The normalized spacial score (nSPS) is 22.7. The second-order valence-electron chi connectivity index (χ2n) is 5.19. The van der Waals surface area contributed by atoms with Gasteiger partial charge in [-0.15, -0.1) is 0 Å². The van der Waals surface area contributed by atoms with Crippen molar-refractivity contribution in [1.29, 1.82) is 0 Å². The van der Waals surface area contributed by atoms with Crippen LogP contribution in [0.15, 0.2) is 18.2 Å². The molecule has 1 aliphatic heterocycles. The van der Waals surface area contributed by atoms with Crippen LogP contribution in [-0.2, 0) is 4.74 Å². The van der Waals surface area contributed by atoms with Gasteiger partial charge < -0.3 is 15.0 Å². The van der Waals surface area contributed by atoms with Gasteiger partial charge in [-0.05, 0) is 39.0 Å². The van der Waals surface area contributed by atoms with Gasteiger partial charge in [-0.1, -0.05) is 11.6 Å². The highest BCUT2D eigenvalue weighted by molar-refractivity contribution is 6.31. The molecule has 4 nitrogen and oxygen atoms in total. The van der Waals surface area contributed by atoms with Crippen molar-refractivity contribution in [3.8, 4) is 0 Å². The molecule has 20 heavy (non-hydrogen) atoms. The van der Waals surface area contributed by atoms with Crippen molar-refractivity contribution in [2.75, 3.05) is 25.0 Å². The van der Waals surface area contributed by atoms with Gasteiger partial charge in [0.15, 0.2) is 0 Å². The number of amides is 1. The predicted octanol–water partition coefficient (Wildman–Crippen LogP) is 3.02. The van der Waals surface area contributed by atoms with E-state index in [0.717, 1.165) is 12.2 Å². The van der Waals surface area contributed by atoms with Crippen LogP contribution < -0.4 is 5.32 Å². The van der Waals surface area contributed by atoms with Gasteiger partial charge in [-0.3, -0.25) is 4.79 Å². The lowest BCUT2D eigenvalue weighted by atomic mass is 10.1. The number of anilines is 1. The van der Waals surface area contributed by atoms with Crippen LogP contribution in [0.25, 0.3) is 0 Å². The summed E-state index contributed by atoms with van der Waals surface area (Å²) in [6.45, 7) is 7.96. The molecule has 5 heteroatoms. The van der Waals surface area contributed by atoms with Gasteiger partial charge in [0.1, 0.15) is 0 Å². The maximum Gasteiger partial charge on any atom is 0.256 e. The van der Waals surface area contributed by atoms with Crippen LogP contribution >= 0.6 is 11.6 Å². The lowest BCUT2D eigenvalue weighted by Gasteiger charge is -2.35. The summed E-state index contributed by atoms with van der Waals surface area (Å²) in [4.78, 5) is 14.5. The Morgan fingerprint density at radius 2 is 2.05 bits per heavy atom. The first kappa shape index (κ1) is 15.1. The van der Waals surface area contributed by atoms with E-state index in [1.54, 1.807) is 12.1 Å². The molecule has 1 aromatic rings. The predicted molar refractivity (Wildman–Crippen MR) is 81.5 cm³/mol. The minimum atomic E-state index is 0.00505. The first-order valence-electron chi connectivity index (χ1n) is 6.99. The van der Waals surface area contributed by atoms with E-state index in [-0.39, 0.29) is 18.1 Å². The lowest BCUT2D eigenvalue weighted by molar-refractivity contribution is -0.0585. The lowest BCUT2D eigenvalue weighted by Crippen LogP contribution is -2.48. The molecular formula is C15H21ClN2O2. The number of benzene rings is 1. The van der Waals surface area contributed by atoms with E-state index in [1.807, 2.05) is 31.7 Å². The second-order valence-corrected chi connectivity index (χ2v) is 5.62. The summed E-state index contributed by atoms with van der Waals surface area (Å²) < 4.78 is 5.67. The topological polar surface area (TPSA) is 41.6 Å². The van der Waals surface area contributed by atoms with Crippen LogP contribution in [0.1, 0.15) is 31.1 Å². The number of morpholine rings is 1. The molecule has 0 bridgehead atoms. The van der Waals surface area contributed by atoms with Crippen LogP contribution in [0.3, 0.4) is 0 Å². The third kappa shape index (κ3) is 3.44. The van der Waals surface area contributed by atoms with Crippen LogP contribution in [0.4, 0.5) is 5.69 Å². The Kier molecular flexibility index (Phi) is 4.89. The second kappa shape index (κ2) is 6.46. The Hall–Kier alpha value is -1.26. The standard InChI is InChI=1S/C15H21ClN2O2/c1-4-17-14-6-5-12(16)7-13(14)15(19)18-8-10(2)20-11(3)9-18/h5-7,10-11,17H,4,8-9H2,1-3H3. The number of halogens is 1. The van der Waals surface area contributed by atoms with E-state index in [2.05, 4.69) is 5.32 Å². The van der Waals surface area contributed by atoms with E-state index < -0.39 is 0 Å². The molecule has 0 aromatic heterocycles. The van der Waals surface area contributed by atoms with E-state index in [4.69, 9.17) is 16.3 Å². The minimum absolute atomic E-state index is 0.00505. The quantitative estimate of drug-likeness (QED) is 0.932. The number of hydrogen-bond donors (Lipinski definition) is 1. The Bertz CT molecular complexity index is 483. The molecular weight excluding hydrogens is 276 g/mol. The fraction of sp³-hybridized carbons (Fsp3) is 0.533. The van der Waals surface area contributed by atoms with Crippen LogP contribution in [0.5, 0.6) is 0 Å². The Morgan fingerprint density at radius 3 is 2.65 bits per heavy atom. The number of nitrogens with zero attached hydrogens (tertiary/aromatic N) is 1. The first-order valence-corrected chi connectivity index (χ1v) is 7.37.